The molecule has 0 N–H and O–H groups in total. The van der Waals surface area contributed by atoms with Gasteiger partial charge in [-0.3, -0.25) is 4.79 Å². The normalized spacial score (nSPS) is 32.4. The van der Waals surface area contributed by atoms with Gasteiger partial charge in [-0.25, -0.2) is 0 Å². The molecule has 70 valence electrons. The van der Waals surface area contributed by atoms with Gasteiger partial charge in [0, 0.05) is 6.61 Å². The van der Waals surface area contributed by atoms with Crippen LogP contribution in [-0.4, -0.2) is 25.1 Å². The quantitative estimate of drug-likeness (QED) is 0.608. The number of hydrogen-bond acceptors (Lipinski definition) is 3. The van der Waals surface area contributed by atoms with E-state index in [0.717, 1.165) is 19.4 Å². The summed E-state index contributed by atoms with van der Waals surface area (Å²) in [7, 11) is 1.51. The number of carbonyl (C=O) groups excluding carboxylic acids is 1. The zero-order valence-corrected chi connectivity index (χ0v) is 7.58. The maximum Gasteiger partial charge on any atom is 0.219 e. The molecule has 1 aliphatic heterocycles. The van der Waals surface area contributed by atoms with Crippen molar-refractivity contribution in [1.82, 2.24) is 0 Å². The molecule has 13 heavy (non-hydrogen) atoms. The molecule has 2 rings (SSSR count). The SMILES string of the molecule is COC1=C[C@@]2(C=CC1=O)CCCO2. The molecule has 1 aliphatic carbocycles. The lowest BCUT2D eigenvalue weighted by molar-refractivity contribution is -0.114. The Bertz CT molecular complexity index is 283. The molecule has 3 nitrogen and oxygen atoms in total. The van der Waals surface area contributed by atoms with Gasteiger partial charge >= 0.3 is 0 Å². The Kier molecular flexibility index (Phi) is 1.96. The van der Waals surface area contributed by atoms with Crippen LogP contribution in [0.5, 0.6) is 0 Å². The van der Waals surface area contributed by atoms with Crippen LogP contribution in [0.2, 0.25) is 0 Å². The highest BCUT2D eigenvalue weighted by Crippen LogP contribution is 2.32. The molecule has 0 radical (unpaired) electrons. The van der Waals surface area contributed by atoms with Crippen molar-refractivity contribution in [2.24, 2.45) is 0 Å². The second-order valence-electron chi connectivity index (χ2n) is 3.32. The fourth-order valence-corrected chi connectivity index (χ4v) is 1.73. The van der Waals surface area contributed by atoms with Gasteiger partial charge in [0.05, 0.1) is 7.11 Å². The van der Waals surface area contributed by atoms with Gasteiger partial charge in [-0.15, -0.1) is 0 Å². The highest BCUT2D eigenvalue weighted by atomic mass is 16.5. The summed E-state index contributed by atoms with van der Waals surface area (Å²) in [5, 5.41) is 0. The van der Waals surface area contributed by atoms with Gasteiger partial charge < -0.3 is 9.47 Å². The molecular formula is C10H12O3. The number of ketones is 1. The van der Waals surface area contributed by atoms with Crippen LogP contribution in [0.15, 0.2) is 24.0 Å². The van der Waals surface area contributed by atoms with Crippen molar-refractivity contribution in [1.29, 1.82) is 0 Å². The molecule has 0 aromatic rings. The van der Waals surface area contributed by atoms with Crippen LogP contribution in [0.25, 0.3) is 0 Å². The largest absolute Gasteiger partial charge is 0.493 e. The van der Waals surface area contributed by atoms with E-state index in [1.807, 2.05) is 6.08 Å². The summed E-state index contributed by atoms with van der Waals surface area (Å²) in [6.07, 6.45) is 7.10. The van der Waals surface area contributed by atoms with E-state index < -0.39 is 0 Å². The Hall–Kier alpha value is -1.09. The van der Waals surface area contributed by atoms with Crippen LogP contribution in [-0.2, 0) is 14.3 Å². The minimum absolute atomic E-state index is 0.0800. The zero-order valence-electron chi connectivity index (χ0n) is 7.58. The minimum Gasteiger partial charge on any atom is -0.493 e. The maximum atomic E-state index is 11.2. The fraction of sp³-hybridized carbons (Fsp3) is 0.500. The molecule has 1 spiro atoms. The summed E-state index contributed by atoms with van der Waals surface area (Å²) in [4.78, 5) is 11.2. The summed E-state index contributed by atoms with van der Waals surface area (Å²) in [6.45, 7) is 0.756. The lowest BCUT2D eigenvalue weighted by Gasteiger charge is -2.23. The molecule has 2 aliphatic rings. The van der Waals surface area contributed by atoms with Crippen molar-refractivity contribution in [2.75, 3.05) is 13.7 Å². The van der Waals surface area contributed by atoms with Crippen molar-refractivity contribution in [2.45, 2.75) is 18.4 Å². The van der Waals surface area contributed by atoms with Gasteiger partial charge in [-0.2, -0.15) is 0 Å². The Morgan fingerprint density at radius 3 is 3.08 bits per heavy atom. The van der Waals surface area contributed by atoms with Crippen LogP contribution in [0.4, 0.5) is 0 Å². The third-order valence-corrected chi connectivity index (χ3v) is 2.44. The molecular weight excluding hydrogens is 168 g/mol. The third kappa shape index (κ3) is 1.40. The number of carbonyl (C=O) groups is 1. The van der Waals surface area contributed by atoms with Crippen LogP contribution >= 0.6 is 0 Å². The van der Waals surface area contributed by atoms with Gasteiger partial charge in [0.15, 0.2) is 5.76 Å². The van der Waals surface area contributed by atoms with Gasteiger partial charge in [0.1, 0.15) is 5.60 Å². The second-order valence-corrected chi connectivity index (χ2v) is 3.32. The van der Waals surface area contributed by atoms with E-state index >= 15 is 0 Å². The molecule has 1 heterocycles. The van der Waals surface area contributed by atoms with E-state index in [4.69, 9.17) is 9.47 Å². The maximum absolute atomic E-state index is 11.2. The molecule has 0 aromatic carbocycles. The first-order valence-corrected chi connectivity index (χ1v) is 4.40. The topological polar surface area (TPSA) is 35.5 Å². The number of ether oxygens (including phenoxy) is 2. The average Bonchev–Trinajstić information content (AvgIpc) is 2.59. The fourth-order valence-electron chi connectivity index (χ4n) is 1.73. The Morgan fingerprint density at radius 2 is 2.46 bits per heavy atom. The Balaban J connectivity index is 2.28. The number of methoxy groups -OCH3 is 1. The van der Waals surface area contributed by atoms with Crippen molar-refractivity contribution >= 4 is 5.78 Å². The zero-order chi connectivity index (χ0) is 9.31. The first-order valence-electron chi connectivity index (χ1n) is 4.40. The molecule has 1 atom stereocenters. The summed E-state index contributed by atoms with van der Waals surface area (Å²) in [5.41, 5.74) is -0.362. The molecule has 3 heteroatoms. The third-order valence-electron chi connectivity index (χ3n) is 2.44. The predicted molar refractivity (Wildman–Crippen MR) is 47.2 cm³/mol. The van der Waals surface area contributed by atoms with Crippen molar-refractivity contribution in [3.63, 3.8) is 0 Å². The highest BCUT2D eigenvalue weighted by molar-refractivity contribution is 6.03. The lowest BCUT2D eigenvalue weighted by atomic mass is 9.93. The standard InChI is InChI=1S/C10H12O3/c1-12-9-7-10(4-2-6-13-10)5-3-8(9)11/h3,5,7H,2,4,6H2,1H3/t10-/m0/s1. The number of rotatable bonds is 1. The second kappa shape index (κ2) is 3.00. The van der Waals surface area contributed by atoms with E-state index in [1.165, 1.54) is 13.2 Å². The molecule has 1 saturated heterocycles. The summed E-state index contributed by atoms with van der Waals surface area (Å²) < 4.78 is 10.5. The minimum atomic E-state index is -0.362. The van der Waals surface area contributed by atoms with Gasteiger partial charge in [0.2, 0.25) is 5.78 Å². The summed E-state index contributed by atoms with van der Waals surface area (Å²) in [6, 6.07) is 0. The molecule has 1 fully saturated rings. The number of allylic oxidation sites excluding steroid dienone is 1. The van der Waals surface area contributed by atoms with E-state index in [-0.39, 0.29) is 11.4 Å². The predicted octanol–water partition coefficient (Wildman–Crippen LogP) is 1.20. The summed E-state index contributed by atoms with van der Waals surface area (Å²) >= 11 is 0. The van der Waals surface area contributed by atoms with E-state index in [0.29, 0.717) is 5.76 Å². The van der Waals surface area contributed by atoms with Gasteiger partial charge in [0.25, 0.3) is 0 Å². The highest BCUT2D eigenvalue weighted by Gasteiger charge is 2.34. The van der Waals surface area contributed by atoms with Gasteiger partial charge in [-0.05, 0) is 31.1 Å². The van der Waals surface area contributed by atoms with Crippen LogP contribution < -0.4 is 0 Å². The summed E-state index contributed by atoms with van der Waals surface area (Å²) in [5.74, 6) is 0.313. The smallest absolute Gasteiger partial charge is 0.219 e. The van der Waals surface area contributed by atoms with Crippen molar-refractivity contribution in [3.05, 3.63) is 24.0 Å². The first kappa shape index (κ1) is 8.51. The Labute approximate surface area is 77.0 Å². The molecule has 0 saturated carbocycles. The molecule has 0 amide bonds. The monoisotopic (exact) mass is 180 g/mol. The van der Waals surface area contributed by atoms with E-state index in [2.05, 4.69) is 0 Å². The lowest BCUT2D eigenvalue weighted by Crippen LogP contribution is -2.27. The first-order chi connectivity index (χ1) is 6.26. The van der Waals surface area contributed by atoms with E-state index in [1.54, 1.807) is 6.08 Å². The Morgan fingerprint density at radius 1 is 1.62 bits per heavy atom. The van der Waals surface area contributed by atoms with Crippen molar-refractivity contribution < 1.29 is 14.3 Å². The number of hydrogen-bond donors (Lipinski definition) is 0. The van der Waals surface area contributed by atoms with Crippen LogP contribution in [0.1, 0.15) is 12.8 Å². The van der Waals surface area contributed by atoms with E-state index in [9.17, 15) is 4.79 Å². The molecule has 0 unspecified atom stereocenters. The molecule has 0 aromatic heterocycles. The van der Waals surface area contributed by atoms with Crippen LogP contribution in [0, 0.1) is 0 Å². The van der Waals surface area contributed by atoms with Crippen LogP contribution in [0.3, 0.4) is 0 Å². The van der Waals surface area contributed by atoms with Crippen molar-refractivity contribution in [3.8, 4) is 0 Å². The average molecular weight is 180 g/mol. The molecule has 0 bridgehead atoms. The van der Waals surface area contributed by atoms with Gasteiger partial charge in [-0.1, -0.05) is 0 Å².